The van der Waals surface area contributed by atoms with Crippen LogP contribution >= 0.6 is 0 Å². The smallest absolute Gasteiger partial charge is 0.0836 e. The van der Waals surface area contributed by atoms with Gasteiger partial charge >= 0.3 is 0 Å². The zero-order chi connectivity index (χ0) is 11.2. The Kier molecular flexibility index (Phi) is 2.63. The van der Waals surface area contributed by atoms with Crippen molar-refractivity contribution in [1.82, 2.24) is 0 Å². The monoisotopic (exact) mass is 211 g/mol. The number of hydrogen-bond acceptors (Lipinski definition) is 2. The third kappa shape index (κ3) is 1.94. The second kappa shape index (κ2) is 3.46. The van der Waals surface area contributed by atoms with Gasteiger partial charge in [0.05, 0.1) is 5.60 Å². The quantitative estimate of drug-likeness (QED) is 0.655. The van der Waals surface area contributed by atoms with Gasteiger partial charge in [0.2, 0.25) is 0 Å². The minimum atomic E-state index is -0.569. The van der Waals surface area contributed by atoms with Crippen molar-refractivity contribution in [2.24, 2.45) is 11.1 Å². The van der Waals surface area contributed by atoms with Crippen LogP contribution in [0.3, 0.4) is 0 Å². The van der Waals surface area contributed by atoms with Gasteiger partial charge < -0.3 is 10.8 Å². The van der Waals surface area contributed by atoms with Crippen molar-refractivity contribution in [3.63, 3.8) is 0 Å². The Bertz CT molecular complexity index is 231. The fourth-order valence-electron chi connectivity index (χ4n) is 3.71. The van der Waals surface area contributed by atoms with E-state index in [9.17, 15) is 5.11 Å². The van der Waals surface area contributed by atoms with Crippen molar-refractivity contribution in [3.05, 3.63) is 0 Å². The van der Waals surface area contributed by atoms with Crippen LogP contribution in [0, 0.1) is 5.41 Å². The molecule has 0 atom stereocenters. The summed E-state index contributed by atoms with van der Waals surface area (Å²) in [5.74, 6) is 0. The molecular formula is C13H25NO. The Balaban J connectivity index is 2.08. The normalized spacial score (nSPS) is 32.8. The number of hydrogen-bond donors (Lipinski definition) is 2. The summed E-state index contributed by atoms with van der Waals surface area (Å²) in [4.78, 5) is 0. The molecule has 2 heteroatoms. The summed E-state index contributed by atoms with van der Waals surface area (Å²) in [6.45, 7) is 4.45. The van der Waals surface area contributed by atoms with Crippen LogP contribution in [0.25, 0.3) is 0 Å². The van der Waals surface area contributed by atoms with Gasteiger partial charge in [0.1, 0.15) is 0 Å². The van der Waals surface area contributed by atoms with Crippen LogP contribution in [0.4, 0.5) is 0 Å². The molecule has 3 N–H and O–H groups in total. The van der Waals surface area contributed by atoms with Gasteiger partial charge in [0.25, 0.3) is 0 Å². The van der Waals surface area contributed by atoms with Gasteiger partial charge in [0.15, 0.2) is 0 Å². The molecule has 2 fully saturated rings. The van der Waals surface area contributed by atoms with Crippen LogP contribution in [0.15, 0.2) is 0 Å². The standard InChI is InChI=1S/C13H25NO/c1-11(2)9-13(15,10-11)12(14)7-5-3-4-6-8-12/h15H,3-10,14H2,1-2H3. The summed E-state index contributed by atoms with van der Waals surface area (Å²) in [5, 5.41) is 10.6. The third-order valence-electron chi connectivity index (χ3n) is 4.46. The lowest BCUT2D eigenvalue weighted by molar-refractivity contribution is -0.164. The maximum atomic E-state index is 10.6. The Labute approximate surface area is 93.2 Å². The molecule has 0 unspecified atom stereocenters. The lowest BCUT2D eigenvalue weighted by atomic mass is 9.53. The van der Waals surface area contributed by atoms with E-state index in [2.05, 4.69) is 13.8 Å². The highest BCUT2D eigenvalue weighted by Crippen LogP contribution is 2.54. The molecule has 2 aliphatic rings. The Hall–Kier alpha value is -0.0800. The van der Waals surface area contributed by atoms with Gasteiger partial charge in [0, 0.05) is 5.54 Å². The first-order chi connectivity index (χ1) is 6.87. The second-order valence-electron chi connectivity index (χ2n) is 6.62. The fraction of sp³-hybridized carbons (Fsp3) is 1.00. The molecule has 88 valence electrons. The molecule has 2 aliphatic carbocycles. The predicted molar refractivity (Wildman–Crippen MR) is 62.6 cm³/mol. The summed E-state index contributed by atoms with van der Waals surface area (Å²) in [5.41, 5.74) is 5.91. The SMILES string of the molecule is CC1(C)CC(O)(C2(N)CCCCCC2)C1. The maximum absolute atomic E-state index is 10.6. The molecule has 0 radical (unpaired) electrons. The molecule has 0 heterocycles. The first kappa shape index (κ1) is 11.4. The highest BCUT2D eigenvalue weighted by Gasteiger charge is 2.58. The molecule has 0 aromatic rings. The zero-order valence-corrected chi connectivity index (χ0v) is 10.2. The van der Waals surface area contributed by atoms with Crippen LogP contribution in [-0.4, -0.2) is 16.2 Å². The third-order valence-corrected chi connectivity index (χ3v) is 4.46. The van der Waals surface area contributed by atoms with Gasteiger partial charge in [-0.1, -0.05) is 39.5 Å². The van der Waals surface area contributed by atoms with Crippen molar-refractivity contribution < 1.29 is 5.11 Å². The van der Waals surface area contributed by atoms with Crippen molar-refractivity contribution >= 4 is 0 Å². The highest BCUT2D eigenvalue weighted by molar-refractivity contribution is 5.13. The Morgan fingerprint density at radius 1 is 0.933 bits per heavy atom. The van der Waals surface area contributed by atoms with Crippen molar-refractivity contribution in [2.45, 2.75) is 76.4 Å². The molecule has 0 aliphatic heterocycles. The van der Waals surface area contributed by atoms with E-state index >= 15 is 0 Å². The number of rotatable bonds is 1. The van der Waals surface area contributed by atoms with Crippen LogP contribution in [-0.2, 0) is 0 Å². The average molecular weight is 211 g/mol. The first-order valence-electron chi connectivity index (χ1n) is 6.38. The topological polar surface area (TPSA) is 46.2 Å². The van der Waals surface area contributed by atoms with E-state index in [1.165, 1.54) is 25.7 Å². The molecule has 0 spiro atoms. The summed E-state index contributed by atoms with van der Waals surface area (Å²) in [7, 11) is 0. The van der Waals surface area contributed by atoms with Crippen LogP contribution in [0.1, 0.15) is 65.2 Å². The van der Waals surface area contributed by atoms with Crippen LogP contribution in [0.5, 0.6) is 0 Å². The zero-order valence-electron chi connectivity index (χ0n) is 10.2. The Morgan fingerprint density at radius 2 is 1.40 bits per heavy atom. The average Bonchev–Trinajstić information content (AvgIpc) is 2.27. The predicted octanol–water partition coefficient (Wildman–Crippen LogP) is 2.59. The largest absolute Gasteiger partial charge is 0.388 e. The molecule has 0 bridgehead atoms. The van der Waals surface area contributed by atoms with Gasteiger partial charge in [-0.05, 0) is 31.1 Å². The van der Waals surface area contributed by atoms with Gasteiger partial charge in [-0.25, -0.2) is 0 Å². The minimum absolute atomic E-state index is 0.293. The molecule has 0 aromatic heterocycles. The summed E-state index contributed by atoms with van der Waals surface area (Å²) >= 11 is 0. The molecule has 15 heavy (non-hydrogen) atoms. The number of nitrogens with two attached hydrogens (primary N) is 1. The van der Waals surface area contributed by atoms with E-state index < -0.39 is 5.60 Å². The maximum Gasteiger partial charge on any atom is 0.0836 e. The second-order valence-corrected chi connectivity index (χ2v) is 6.62. The van der Waals surface area contributed by atoms with E-state index in [0.717, 1.165) is 25.7 Å². The molecular weight excluding hydrogens is 186 g/mol. The van der Waals surface area contributed by atoms with E-state index in [1.807, 2.05) is 0 Å². The summed E-state index contributed by atoms with van der Waals surface area (Å²) in [6.07, 6.45) is 8.77. The van der Waals surface area contributed by atoms with E-state index in [-0.39, 0.29) is 5.54 Å². The van der Waals surface area contributed by atoms with E-state index in [0.29, 0.717) is 5.41 Å². The van der Waals surface area contributed by atoms with E-state index in [4.69, 9.17) is 5.73 Å². The highest BCUT2D eigenvalue weighted by atomic mass is 16.3. The minimum Gasteiger partial charge on any atom is -0.388 e. The van der Waals surface area contributed by atoms with Gasteiger partial charge in [-0.15, -0.1) is 0 Å². The molecule has 2 saturated carbocycles. The molecule has 2 rings (SSSR count). The van der Waals surface area contributed by atoms with E-state index in [1.54, 1.807) is 0 Å². The van der Waals surface area contributed by atoms with Crippen molar-refractivity contribution in [2.75, 3.05) is 0 Å². The van der Waals surface area contributed by atoms with Crippen LogP contribution < -0.4 is 5.73 Å². The summed E-state index contributed by atoms with van der Waals surface area (Å²) in [6, 6.07) is 0. The molecule has 0 saturated heterocycles. The molecule has 2 nitrogen and oxygen atoms in total. The van der Waals surface area contributed by atoms with Gasteiger partial charge in [-0.3, -0.25) is 0 Å². The fourth-order valence-corrected chi connectivity index (χ4v) is 3.71. The lowest BCUT2D eigenvalue weighted by Crippen LogP contribution is -2.68. The first-order valence-corrected chi connectivity index (χ1v) is 6.38. The van der Waals surface area contributed by atoms with Crippen molar-refractivity contribution in [1.29, 1.82) is 0 Å². The molecule has 0 amide bonds. The van der Waals surface area contributed by atoms with Gasteiger partial charge in [-0.2, -0.15) is 0 Å². The lowest BCUT2D eigenvalue weighted by Gasteiger charge is -2.58. The summed E-state index contributed by atoms with van der Waals surface area (Å²) < 4.78 is 0. The molecule has 0 aromatic carbocycles. The Morgan fingerprint density at radius 3 is 1.80 bits per heavy atom. The van der Waals surface area contributed by atoms with Crippen LogP contribution in [0.2, 0.25) is 0 Å². The van der Waals surface area contributed by atoms with Crippen molar-refractivity contribution in [3.8, 4) is 0 Å². The number of aliphatic hydroxyl groups is 1.